The van der Waals surface area contributed by atoms with E-state index in [2.05, 4.69) is 36.0 Å². The largest absolute Gasteiger partial charge is 0.497 e. The minimum atomic E-state index is 0.717. The van der Waals surface area contributed by atoms with Crippen LogP contribution in [0.25, 0.3) is 0 Å². The number of ether oxygens (including phenoxy) is 1. The summed E-state index contributed by atoms with van der Waals surface area (Å²) in [5, 5.41) is 0.717. The van der Waals surface area contributed by atoms with Crippen molar-refractivity contribution >= 4 is 11.8 Å². The molecule has 2 heteroatoms. The molecule has 1 unspecified atom stereocenters. The topological polar surface area (TPSA) is 9.23 Å². The molecule has 14 heavy (non-hydrogen) atoms. The van der Waals surface area contributed by atoms with Crippen LogP contribution in [0, 0.1) is 0 Å². The van der Waals surface area contributed by atoms with Gasteiger partial charge in [-0.25, -0.2) is 0 Å². The average Bonchev–Trinajstić information content (AvgIpc) is 2.30. The summed E-state index contributed by atoms with van der Waals surface area (Å²) in [6.45, 7) is 0. The van der Waals surface area contributed by atoms with Crippen LogP contribution in [0.2, 0.25) is 0 Å². The fraction of sp³-hybridized carbons (Fsp3) is 0.500. The molecule has 2 rings (SSSR count). The van der Waals surface area contributed by atoms with Crippen molar-refractivity contribution < 1.29 is 4.74 Å². The molecule has 1 heterocycles. The lowest BCUT2D eigenvalue weighted by Crippen LogP contribution is -2.01. The second kappa shape index (κ2) is 4.74. The summed E-state index contributed by atoms with van der Waals surface area (Å²) in [6, 6.07) is 8.51. The first-order chi connectivity index (χ1) is 6.90. The van der Waals surface area contributed by atoms with Gasteiger partial charge < -0.3 is 4.74 Å². The van der Waals surface area contributed by atoms with Crippen molar-refractivity contribution in [1.29, 1.82) is 0 Å². The number of hydrogen-bond donors (Lipinski definition) is 0. The molecule has 1 saturated heterocycles. The molecule has 1 aliphatic heterocycles. The first kappa shape index (κ1) is 9.91. The third kappa shape index (κ3) is 2.24. The molecule has 1 atom stereocenters. The summed E-state index contributed by atoms with van der Waals surface area (Å²) in [7, 11) is 1.71. The lowest BCUT2D eigenvalue weighted by Gasteiger charge is -2.21. The fourth-order valence-electron chi connectivity index (χ4n) is 1.82. The van der Waals surface area contributed by atoms with Crippen molar-refractivity contribution in [2.24, 2.45) is 0 Å². The second-order valence-corrected chi connectivity index (χ2v) is 4.94. The Morgan fingerprint density at radius 1 is 1.21 bits per heavy atom. The molecule has 0 aliphatic carbocycles. The van der Waals surface area contributed by atoms with E-state index >= 15 is 0 Å². The van der Waals surface area contributed by atoms with Crippen molar-refractivity contribution in [3.8, 4) is 5.75 Å². The zero-order valence-corrected chi connectivity index (χ0v) is 9.35. The second-order valence-electron chi connectivity index (χ2n) is 3.63. The highest BCUT2D eigenvalue weighted by Crippen LogP contribution is 2.38. The third-order valence-corrected chi connectivity index (χ3v) is 4.10. The van der Waals surface area contributed by atoms with Gasteiger partial charge >= 0.3 is 0 Å². The van der Waals surface area contributed by atoms with Gasteiger partial charge in [0.2, 0.25) is 0 Å². The molecule has 0 radical (unpaired) electrons. The molecule has 1 aliphatic rings. The van der Waals surface area contributed by atoms with Crippen molar-refractivity contribution in [3.63, 3.8) is 0 Å². The van der Waals surface area contributed by atoms with Gasteiger partial charge in [-0.3, -0.25) is 0 Å². The highest BCUT2D eigenvalue weighted by molar-refractivity contribution is 7.99. The summed E-state index contributed by atoms with van der Waals surface area (Å²) in [5.74, 6) is 2.27. The van der Waals surface area contributed by atoms with Gasteiger partial charge in [0.1, 0.15) is 5.75 Å². The van der Waals surface area contributed by atoms with Crippen molar-refractivity contribution in [3.05, 3.63) is 29.8 Å². The molecule has 0 saturated carbocycles. The predicted octanol–water partition coefficient (Wildman–Crippen LogP) is 3.65. The van der Waals surface area contributed by atoms with E-state index in [-0.39, 0.29) is 0 Å². The monoisotopic (exact) mass is 208 g/mol. The molecule has 1 aromatic rings. The summed E-state index contributed by atoms with van der Waals surface area (Å²) < 4.78 is 5.15. The Kier molecular flexibility index (Phi) is 3.35. The van der Waals surface area contributed by atoms with Gasteiger partial charge in [-0.2, -0.15) is 11.8 Å². The Balaban J connectivity index is 2.07. The zero-order chi connectivity index (χ0) is 9.80. The van der Waals surface area contributed by atoms with Crippen LogP contribution in [0.4, 0.5) is 0 Å². The Bertz CT molecular complexity index is 275. The minimum absolute atomic E-state index is 0.717. The third-order valence-electron chi connectivity index (χ3n) is 2.67. The number of benzene rings is 1. The standard InChI is InChI=1S/C12H16OS/c1-13-11-7-5-10(6-8-11)12-4-2-3-9-14-12/h5-8,12H,2-4,9H2,1H3. The Morgan fingerprint density at radius 3 is 2.57 bits per heavy atom. The average molecular weight is 208 g/mol. The molecule has 76 valence electrons. The van der Waals surface area contributed by atoms with Gasteiger partial charge in [-0.15, -0.1) is 0 Å². The van der Waals surface area contributed by atoms with E-state index in [4.69, 9.17) is 4.74 Å². The molecular formula is C12H16OS. The molecule has 0 spiro atoms. The van der Waals surface area contributed by atoms with E-state index in [9.17, 15) is 0 Å². The van der Waals surface area contributed by atoms with Crippen LogP contribution in [0.15, 0.2) is 24.3 Å². The summed E-state index contributed by atoms with van der Waals surface area (Å²) in [6.07, 6.45) is 4.10. The zero-order valence-electron chi connectivity index (χ0n) is 8.53. The van der Waals surface area contributed by atoms with Gasteiger partial charge in [-0.1, -0.05) is 18.6 Å². The van der Waals surface area contributed by atoms with Crippen molar-refractivity contribution in [2.75, 3.05) is 12.9 Å². The Labute approximate surface area is 89.9 Å². The van der Waals surface area contributed by atoms with E-state index in [1.54, 1.807) is 7.11 Å². The van der Waals surface area contributed by atoms with Gasteiger partial charge in [0.05, 0.1) is 7.11 Å². The van der Waals surface area contributed by atoms with Gasteiger partial charge in [0.15, 0.2) is 0 Å². The number of thioether (sulfide) groups is 1. The fourth-order valence-corrected chi connectivity index (χ4v) is 3.16. The SMILES string of the molecule is COc1ccc(C2CCCCS2)cc1. The van der Waals surface area contributed by atoms with Crippen LogP contribution >= 0.6 is 11.8 Å². The van der Waals surface area contributed by atoms with Crippen molar-refractivity contribution in [1.82, 2.24) is 0 Å². The minimum Gasteiger partial charge on any atom is -0.497 e. The molecule has 1 fully saturated rings. The quantitative estimate of drug-likeness (QED) is 0.733. The maximum atomic E-state index is 5.15. The lowest BCUT2D eigenvalue weighted by molar-refractivity contribution is 0.414. The number of methoxy groups -OCH3 is 1. The summed E-state index contributed by atoms with van der Waals surface area (Å²) in [5.41, 5.74) is 1.45. The van der Waals surface area contributed by atoms with Crippen LogP contribution in [0.1, 0.15) is 30.1 Å². The maximum absolute atomic E-state index is 5.15. The number of hydrogen-bond acceptors (Lipinski definition) is 2. The van der Waals surface area contributed by atoms with Crippen LogP contribution < -0.4 is 4.74 Å². The van der Waals surface area contributed by atoms with E-state index in [1.165, 1.54) is 30.6 Å². The van der Waals surface area contributed by atoms with Gasteiger partial charge in [-0.05, 0) is 36.3 Å². The molecule has 0 N–H and O–H groups in total. The molecule has 0 amide bonds. The molecule has 1 aromatic carbocycles. The summed E-state index contributed by atoms with van der Waals surface area (Å²) in [4.78, 5) is 0. The predicted molar refractivity (Wildman–Crippen MR) is 62.0 cm³/mol. The van der Waals surface area contributed by atoms with Gasteiger partial charge in [0.25, 0.3) is 0 Å². The first-order valence-corrected chi connectivity index (χ1v) is 6.20. The Hall–Kier alpha value is -0.630. The summed E-state index contributed by atoms with van der Waals surface area (Å²) >= 11 is 2.09. The van der Waals surface area contributed by atoms with E-state index in [1.807, 2.05) is 0 Å². The Morgan fingerprint density at radius 2 is 2.00 bits per heavy atom. The van der Waals surface area contributed by atoms with Gasteiger partial charge in [0, 0.05) is 5.25 Å². The van der Waals surface area contributed by atoms with Crippen molar-refractivity contribution in [2.45, 2.75) is 24.5 Å². The van der Waals surface area contributed by atoms with Crippen LogP contribution in [-0.2, 0) is 0 Å². The molecule has 0 bridgehead atoms. The smallest absolute Gasteiger partial charge is 0.118 e. The van der Waals surface area contributed by atoms with Crippen LogP contribution in [0.3, 0.4) is 0 Å². The molecular weight excluding hydrogens is 192 g/mol. The lowest BCUT2D eigenvalue weighted by atomic mass is 10.1. The van der Waals surface area contributed by atoms with E-state index < -0.39 is 0 Å². The number of rotatable bonds is 2. The highest BCUT2D eigenvalue weighted by Gasteiger charge is 2.15. The molecule has 0 aromatic heterocycles. The first-order valence-electron chi connectivity index (χ1n) is 5.16. The maximum Gasteiger partial charge on any atom is 0.118 e. The molecule has 1 nitrogen and oxygen atoms in total. The normalized spacial score (nSPS) is 21.9. The van der Waals surface area contributed by atoms with Crippen LogP contribution in [-0.4, -0.2) is 12.9 Å². The van der Waals surface area contributed by atoms with E-state index in [0.29, 0.717) is 0 Å². The van der Waals surface area contributed by atoms with Crippen LogP contribution in [0.5, 0.6) is 5.75 Å². The van der Waals surface area contributed by atoms with E-state index in [0.717, 1.165) is 11.0 Å². The highest BCUT2D eigenvalue weighted by atomic mass is 32.2.